The van der Waals surface area contributed by atoms with Crippen molar-refractivity contribution in [2.45, 2.75) is 18.8 Å². The lowest BCUT2D eigenvalue weighted by atomic mass is 9.90. The molecule has 0 saturated carbocycles. The van der Waals surface area contributed by atoms with Gasteiger partial charge in [-0.15, -0.1) is 0 Å². The Balaban J connectivity index is 1.77. The molecule has 2 aliphatic rings. The van der Waals surface area contributed by atoms with E-state index >= 15 is 0 Å². The van der Waals surface area contributed by atoms with Crippen molar-refractivity contribution in [3.05, 3.63) is 71.9 Å². The molecular formula is C19H17NO. The van der Waals surface area contributed by atoms with E-state index < -0.39 is 0 Å². The second kappa shape index (κ2) is 4.59. The molecule has 1 heterocycles. The second-order valence-electron chi connectivity index (χ2n) is 5.84. The molecule has 1 fully saturated rings. The fourth-order valence-corrected chi connectivity index (χ4v) is 3.68. The molecule has 0 aromatic heterocycles. The third-order valence-corrected chi connectivity index (χ3v) is 4.71. The SMILES string of the molecule is C=CN1CC(c2cccc3c2Cc2ccccc2-3)CC1=O. The molecule has 1 aliphatic carbocycles. The van der Waals surface area contributed by atoms with E-state index in [-0.39, 0.29) is 5.91 Å². The number of fused-ring (bicyclic) bond motifs is 3. The molecule has 4 rings (SSSR count). The summed E-state index contributed by atoms with van der Waals surface area (Å²) in [6.45, 7) is 4.49. The van der Waals surface area contributed by atoms with Crippen LogP contribution < -0.4 is 0 Å². The van der Waals surface area contributed by atoms with Crippen LogP contribution in [0, 0.1) is 0 Å². The summed E-state index contributed by atoms with van der Waals surface area (Å²) in [7, 11) is 0. The molecule has 21 heavy (non-hydrogen) atoms. The topological polar surface area (TPSA) is 20.3 Å². The molecule has 1 unspecified atom stereocenters. The molecule has 0 N–H and O–H groups in total. The van der Waals surface area contributed by atoms with Crippen LogP contribution in [0.1, 0.15) is 29.0 Å². The van der Waals surface area contributed by atoms with E-state index in [1.807, 2.05) is 0 Å². The Bertz CT molecular complexity index is 747. The van der Waals surface area contributed by atoms with Gasteiger partial charge in [-0.3, -0.25) is 4.79 Å². The Morgan fingerprint density at radius 2 is 1.90 bits per heavy atom. The maximum atomic E-state index is 12.0. The predicted octanol–water partition coefficient (Wildman–Crippen LogP) is 3.72. The van der Waals surface area contributed by atoms with Gasteiger partial charge in [0.05, 0.1) is 0 Å². The van der Waals surface area contributed by atoms with E-state index in [0.29, 0.717) is 12.3 Å². The van der Waals surface area contributed by atoms with Gasteiger partial charge in [-0.05, 0) is 40.4 Å². The zero-order valence-corrected chi connectivity index (χ0v) is 11.9. The van der Waals surface area contributed by atoms with Gasteiger partial charge in [-0.2, -0.15) is 0 Å². The van der Waals surface area contributed by atoms with Crippen molar-refractivity contribution in [2.24, 2.45) is 0 Å². The van der Waals surface area contributed by atoms with Crippen LogP contribution in [0.3, 0.4) is 0 Å². The molecule has 104 valence electrons. The lowest BCUT2D eigenvalue weighted by Gasteiger charge is -2.15. The molecule has 1 atom stereocenters. The quantitative estimate of drug-likeness (QED) is 0.698. The summed E-state index contributed by atoms with van der Waals surface area (Å²) in [5.41, 5.74) is 6.82. The first-order valence-electron chi connectivity index (χ1n) is 7.40. The molecular weight excluding hydrogens is 258 g/mol. The first kappa shape index (κ1) is 12.4. The van der Waals surface area contributed by atoms with Crippen LogP contribution in [0.25, 0.3) is 11.1 Å². The van der Waals surface area contributed by atoms with Gasteiger partial charge >= 0.3 is 0 Å². The summed E-state index contributed by atoms with van der Waals surface area (Å²) in [5.74, 6) is 0.475. The highest BCUT2D eigenvalue weighted by Gasteiger charge is 2.32. The molecule has 0 bridgehead atoms. The minimum Gasteiger partial charge on any atom is -0.319 e. The van der Waals surface area contributed by atoms with Crippen molar-refractivity contribution in [1.82, 2.24) is 4.90 Å². The third kappa shape index (κ3) is 1.83. The summed E-state index contributed by atoms with van der Waals surface area (Å²) in [4.78, 5) is 13.7. The number of hydrogen-bond acceptors (Lipinski definition) is 1. The molecule has 1 aliphatic heterocycles. The monoisotopic (exact) mass is 275 g/mol. The van der Waals surface area contributed by atoms with Crippen LogP contribution in [-0.4, -0.2) is 17.4 Å². The number of carbonyl (C=O) groups is 1. The Hall–Kier alpha value is -2.35. The molecule has 2 aromatic rings. The van der Waals surface area contributed by atoms with Gasteiger partial charge in [-0.1, -0.05) is 49.0 Å². The number of nitrogens with zero attached hydrogens (tertiary/aromatic N) is 1. The first-order chi connectivity index (χ1) is 10.3. The molecule has 0 spiro atoms. The van der Waals surface area contributed by atoms with E-state index in [4.69, 9.17) is 0 Å². The van der Waals surface area contributed by atoms with Gasteiger partial charge < -0.3 is 4.90 Å². The Morgan fingerprint density at radius 3 is 2.71 bits per heavy atom. The standard InChI is InChI=1S/C19H17NO/c1-2-20-12-14(11-19(20)21)16-8-5-9-17-15-7-4-3-6-13(15)10-18(16)17/h2-9,14H,1,10-12H2. The molecule has 2 aromatic carbocycles. The summed E-state index contributed by atoms with van der Waals surface area (Å²) < 4.78 is 0. The van der Waals surface area contributed by atoms with E-state index in [0.717, 1.165) is 13.0 Å². The molecule has 1 amide bonds. The van der Waals surface area contributed by atoms with Gasteiger partial charge in [0.25, 0.3) is 0 Å². The zero-order chi connectivity index (χ0) is 14.4. The average molecular weight is 275 g/mol. The highest BCUT2D eigenvalue weighted by atomic mass is 16.2. The smallest absolute Gasteiger partial charge is 0.227 e. The highest BCUT2D eigenvalue weighted by Crippen LogP contribution is 2.42. The molecule has 2 nitrogen and oxygen atoms in total. The Kier molecular flexibility index (Phi) is 2.71. The van der Waals surface area contributed by atoms with E-state index in [9.17, 15) is 4.79 Å². The minimum absolute atomic E-state index is 0.183. The summed E-state index contributed by atoms with van der Waals surface area (Å²) in [6.07, 6.45) is 3.24. The van der Waals surface area contributed by atoms with Crippen LogP contribution in [0.15, 0.2) is 55.2 Å². The second-order valence-corrected chi connectivity index (χ2v) is 5.84. The largest absolute Gasteiger partial charge is 0.319 e. The third-order valence-electron chi connectivity index (χ3n) is 4.71. The lowest BCUT2D eigenvalue weighted by Crippen LogP contribution is -2.17. The van der Waals surface area contributed by atoms with Crippen molar-refractivity contribution in [2.75, 3.05) is 6.54 Å². The maximum Gasteiger partial charge on any atom is 0.227 e. The average Bonchev–Trinajstić information content (AvgIpc) is 3.07. The minimum atomic E-state index is 0.183. The number of amides is 1. The van der Waals surface area contributed by atoms with E-state index in [1.54, 1.807) is 11.1 Å². The van der Waals surface area contributed by atoms with Crippen molar-refractivity contribution in [1.29, 1.82) is 0 Å². The Morgan fingerprint density at radius 1 is 1.10 bits per heavy atom. The predicted molar refractivity (Wildman–Crippen MR) is 84.0 cm³/mol. The number of hydrogen-bond donors (Lipinski definition) is 0. The van der Waals surface area contributed by atoms with Crippen molar-refractivity contribution < 1.29 is 4.79 Å². The maximum absolute atomic E-state index is 12.0. The molecule has 2 heteroatoms. The van der Waals surface area contributed by atoms with Crippen molar-refractivity contribution in [3.63, 3.8) is 0 Å². The van der Waals surface area contributed by atoms with Crippen LogP contribution in [0.5, 0.6) is 0 Å². The Labute approximate surface area is 124 Å². The van der Waals surface area contributed by atoms with Crippen LogP contribution in [-0.2, 0) is 11.2 Å². The number of benzene rings is 2. The number of carbonyl (C=O) groups excluding carboxylic acids is 1. The number of rotatable bonds is 2. The summed E-state index contributed by atoms with van der Waals surface area (Å²) in [6, 6.07) is 15.1. The molecule has 1 saturated heterocycles. The fraction of sp³-hybridized carbons (Fsp3) is 0.211. The number of likely N-dealkylation sites (tertiary alicyclic amines) is 1. The lowest BCUT2D eigenvalue weighted by molar-refractivity contribution is -0.125. The summed E-state index contributed by atoms with van der Waals surface area (Å²) in [5, 5.41) is 0. The van der Waals surface area contributed by atoms with Crippen LogP contribution >= 0.6 is 0 Å². The van der Waals surface area contributed by atoms with E-state index in [1.165, 1.54) is 27.8 Å². The molecule has 0 radical (unpaired) electrons. The van der Waals surface area contributed by atoms with Crippen LogP contribution in [0.4, 0.5) is 0 Å². The fourth-order valence-electron chi connectivity index (χ4n) is 3.68. The first-order valence-corrected chi connectivity index (χ1v) is 7.40. The van der Waals surface area contributed by atoms with Gasteiger partial charge in [-0.25, -0.2) is 0 Å². The van der Waals surface area contributed by atoms with Crippen LogP contribution in [0.2, 0.25) is 0 Å². The van der Waals surface area contributed by atoms with Gasteiger partial charge in [0.1, 0.15) is 0 Å². The van der Waals surface area contributed by atoms with Gasteiger partial charge in [0, 0.05) is 18.9 Å². The zero-order valence-electron chi connectivity index (χ0n) is 11.9. The van der Waals surface area contributed by atoms with Crippen molar-refractivity contribution in [3.8, 4) is 11.1 Å². The van der Waals surface area contributed by atoms with Crippen molar-refractivity contribution >= 4 is 5.91 Å². The van der Waals surface area contributed by atoms with Gasteiger partial charge in [0.2, 0.25) is 5.91 Å². The van der Waals surface area contributed by atoms with Gasteiger partial charge in [0.15, 0.2) is 0 Å². The normalized spacial score (nSPS) is 19.5. The van der Waals surface area contributed by atoms with E-state index in [2.05, 4.69) is 49.0 Å². The highest BCUT2D eigenvalue weighted by molar-refractivity contribution is 5.82. The summed E-state index contributed by atoms with van der Waals surface area (Å²) >= 11 is 0.